The van der Waals surface area contributed by atoms with Gasteiger partial charge in [0.2, 0.25) is 0 Å². The number of rotatable bonds is 6. The van der Waals surface area contributed by atoms with Crippen LogP contribution in [0.3, 0.4) is 0 Å². The van der Waals surface area contributed by atoms with Crippen LogP contribution in [0.2, 0.25) is 5.02 Å². The lowest BCUT2D eigenvalue weighted by Crippen LogP contribution is -2.07. The first-order valence-corrected chi connectivity index (χ1v) is 7.25. The molecule has 1 aromatic carbocycles. The molecule has 1 N–H and O–H groups in total. The first-order chi connectivity index (χ1) is 9.50. The molecule has 0 atom stereocenters. The number of aliphatic carboxylic acids is 1. The number of unbranched alkanes of at least 4 members (excludes halogenated alkanes) is 1. The molecule has 20 heavy (non-hydrogen) atoms. The van der Waals surface area contributed by atoms with Gasteiger partial charge in [-0.1, -0.05) is 17.7 Å². The van der Waals surface area contributed by atoms with Crippen molar-refractivity contribution in [3.05, 3.63) is 29.0 Å². The third kappa shape index (κ3) is 3.12. The van der Waals surface area contributed by atoms with Crippen LogP contribution in [0.15, 0.2) is 18.2 Å². The molecule has 5 heteroatoms. The van der Waals surface area contributed by atoms with E-state index in [-0.39, 0.29) is 12.5 Å². The Labute approximate surface area is 123 Å². The summed E-state index contributed by atoms with van der Waals surface area (Å²) in [7, 11) is 0. The summed E-state index contributed by atoms with van der Waals surface area (Å²) in [4.78, 5) is 15.2. The Morgan fingerprint density at radius 1 is 1.40 bits per heavy atom. The second kappa shape index (κ2) is 6.27. The van der Waals surface area contributed by atoms with E-state index in [1.807, 2.05) is 18.2 Å². The summed E-state index contributed by atoms with van der Waals surface area (Å²) >= 11 is 6.28. The highest BCUT2D eigenvalue weighted by molar-refractivity contribution is 6.35. The number of nitrogens with zero attached hydrogens (tertiary/aromatic N) is 2. The minimum atomic E-state index is -0.745. The van der Waals surface area contributed by atoms with Crippen molar-refractivity contribution in [2.75, 3.05) is 0 Å². The number of carboxylic acids is 1. The highest BCUT2D eigenvalue weighted by Gasteiger charge is 2.15. The van der Waals surface area contributed by atoms with Gasteiger partial charge in [-0.15, -0.1) is 0 Å². The lowest BCUT2D eigenvalue weighted by Gasteiger charge is -2.13. The molecule has 0 radical (unpaired) electrons. The van der Waals surface area contributed by atoms with Crippen molar-refractivity contribution in [1.82, 2.24) is 9.55 Å². The van der Waals surface area contributed by atoms with E-state index in [1.165, 1.54) is 0 Å². The lowest BCUT2D eigenvalue weighted by molar-refractivity contribution is -0.137. The number of imidazole rings is 1. The van der Waals surface area contributed by atoms with Crippen molar-refractivity contribution in [2.24, 2.45) is 0 Å². The van der Waals surface area contributed by atoms with Crippen LogP contribution in [0.5, 0.6) is 0 Å². The van der Waals surface area contributed by atoms with E-state index in [9.17, 15) is 4.79 Å². The van der Waals surface area contributed by atoms with Crippen LogP contribution in [-0.4, -0.2) is 20.6 Å². The smallest absolute Gasteiger partial charge is 0.303 e. The van der Waals surface area contributed by atoms with Gasteiger partial charge in [0, 0.05) is 18.9 Å². The Kier molecular flexibility index (Phi) is 4.65. The van der Waals surface area contributed by atoms with Gasteiger partial charge in [0.15, 0.2) is 0 Å². The second-order valence-corrected chi connectivity index (χ2v) is 5.61. The number of halogens is 1. The topological polar surface area (TPSA) is 55.1 Å². The van der Waals surface area contributed by atoms with E-state index in [0.29, 0.717) is 11.4 Å². The molecule has 1 heterocycles. The van der Waals surface area contributed by atoms with Crippen LogP contribution < -0.4 is 0 Å². The summed E-state index contributed by atoms with van der Waals surface area (Å²) in [5.74, 6) is 0.235. The normalized spacial score (nSPS) is 11.4. The van der Waals surface area contributed by atoms with Gasteiger partial charge < -0.3 is 9.67 Å². The molecule has 0 unspecified atom stereocenters. The SMILES string of the molecule is CC(C)n1c(CCCCC(=O)O)nc2cccc(Cl)c21. The van der Waals surface area contributed by atoms with Crippen molar-refractivity contribution in [3.8, 4) is 0 Å². The molecule has 0 fully saturated rings. The summed E-state index contributed by atoms with van der Waals surface area (Å²) in [6.45, 7) is 4.20. The molecule has 0 saturated carbocycles. The molecular formula is C15H19ClN2O2. The molecule has 0 spiro atoms. The molecule has 1 aromatic heterocycles. The summed E-state index contributed by atoms with van der Waals surface area (Å²) in [5, 5.41) is 9.37. The molecule has 108 valence electrons. The van der Waals surface area contributed by atoms with Crippen molar-refractivity contribution in [2.45, 2.75) is 45.6 Å². The maximum atomic E-state index is 10.5. The number of hydrogen-bond donors (Lipinski definition) is 1. The third-order valence-corrected chi connectivity index (χ3v) is 3.60. The highest BCUT2D eigenvalue weighted by atomic mass is 35.5. The summed E-state index contributed by atoms with van der Waals surface area (Å²) in [6, 6.07) is 6.00. The third-order valence-electron chi connectivity index (χ3n) is 3.29. The van der Waals surface area contributed by atoms with Gasteiger partial charge in [-0.2, -0.15) is 0 Å². The van der Waals surface area contributed by atoms with Crippen LogP contribution in [0.25, 0.3) is 11.0 Å². The Balaban J connectivity index is 2.26. The molecule has 0 saturated heterocycles. The predicted octanol–water partition coefficient (Wildman–Crippen LogP) is 4.07. The monoisotopic (exact) mass is 294 g/mol. The van der Waals surface area contributed by atoms with Gasteiger partial charge in [0.1, 0.15) is 5.82 Å². The molecular weight excluding hydrogens is 276 g/mol. The maximum Gasteiger partial charge on any atom is 0.303 e. The predicted molar refractivity (Wildman–Crippen MR) is 80.3 cm³/mol. The summed E-state index contributed by atoms with van der Waals surface area (Å²) in [5.41, 5.74) is 1.87. The van der Waals surface area contributed by atoms with Crippen LogP contribution in [0, 0.1) is 0 Å². The number of carbonyl (C=O) groups is 1. The molecule has 2 aromatic rings. The zero-order valence-corrected chi connectivity index (χ0v) is 12.5. The molecule has 2 rings (SSSR count). The molecule has 0 aliphatic heterocycles. The van der Waals surface area contributed by atoms with Gasteiger partial charge >= 0.3 is 5.97 Å². The van der Waals surface area contributed by atoms with E-state index >= 15 is 0 Å². The van der Waals surface area contributed by atoms with E-state index in [2.05, 4.69) is 23.4 Å². The summed E-state index contributed by atoms with van der Waals surface area (Å²) < 4.78 is 2.15. The van der Waals surface area contributed by atoms with Crippen molar-refractivity contribution >= 4 is 28.6 Å². The molecule has 0 aliphatic carbocycles. The fraction of sp³-hybridized carbons (Fsp3) is 0.467. The van der Waals surface area contributed by atoms with Gasteiger partial charge in [0.05, 0.1) is 16.1 Å². The number of hydrogen-bond acceptors (Lipinski definition) is 2. The molecule has 0 amide bonds. The first-order valence-electron chi connectivity index (χ1n) is 6.88. The van der Waals surface area contributed by atoms with E-state index in [4.69, 9.17) is 16.7 Å². The number of fused-ring (bicyclic) bond motifs is 1. The minimum absolute atomic E-state index is 0.211. The van der Waals surface area contributed by atoms with Crippen molar-refractivity contribution in [3.63, 3.8) is 0 Å². The number of aromatic nitrogens is 2. The standard InChI is InChI=1S/C15H19ClN2O2/c1-10(2)18-13(8-3-4-9-14(19)20)17-12-7-5-6-11(16)15(12)18/h5-7,10H,3-4,8-9H2,1-2H3,(H,19,20). The van der Waals surface area contributed by atoms with Crippen LogP contribution in [-0.2, 0) is 11.2 Å². The average molecular weight is 295 g/mol. The number of carboxylic acid groups (broad SMARTS) is 1. The first kappa shape index (κ1) is 14.9. The quantitative estimate of drug-likeness (QED) is 0.817. The largest absolute Gasteiger partial charge is 0.481 e. The zero-order chi connectivity index (χ0) is 14.7. The van der Waals surface area contributed by atoms with Gasteiger partial charge in [-0.25, -0.2) is 4.98 Å². The molecule has 0 aliphatic rings. The number of para-hydroxylation sites is 1. The highest BCUT2D eigenvalue weighted by Crippen LogP contribution is 2.28. The van der Waals surface area contributed by atoms with E-state index in [1.54, 1.807) is 0 Å². The summed E-state index contributed by atoms with van der Waals surface area (Å²) in [6.07, 6.45) is 2.48. The Hall–Kier alpha value is -1.55. The van der Waals surface area contributed by atoms with Crippen LogP contribution >= 0.6 is 11.6 Å². The molecule has 0 bridgehead atoms. The number of aryl methyl sites for hydroxylation is 1. The number of benzene rings is 1. The van der Waals surface area contributed by atoms with Crippen LogP contribution in [0.1, 0.15) is 45.0 Å². The van der Waals surface area contributed by atoms with Crippen molar-refractivity contribution in [1.29, 1.82) is 0 Å². The van der Waals surface area contributed by atoms with E-state index in [0.717, 1.165) is 29.7 Å². The van der Waals surface area contributed by atoms with E-state index < -0.39 is 5.97 Å². The van der Waals surface area contributed by atoms with Gasteiger partial charge in [-0.3, -0.25) is 4.79 Å². The Morgan fingerprint density at radius 2 is 2.15 bits per heavy atom. The van der Waals surface area contributed by atoms with Gasteiger partial charge in [0.25, 0.3) is 0 Å². The maximum absolute atomic E-state index is 10.5. The van der Waals surface area contributed by atoms with Crippen molar-refractivity contribution < 1.29 is 9.90 Å². The van der Waals surface area contributed by atoms with Gasteiger partial charge in [-0.05, 0) is 38.8 Å². The fourth-order valence-corrected chi connectivity index (χ4v) is 2.71. The van der Waals surface area contributed by atoms with Crippen LogP contribution in [0.4, 0.5) is 0 Å². The molecule has 4 nitrogen and oxygen atoms in total. The Morgan fingerprint density at radius 3 is 2.80 bits per heavy atom. The average Bonchev–Trinajstić information content (AvgIpc) is 2.74. The minimum Gasteiger partial charge on any atom is -0.481 e. The second-order valence-electron chi connectivity index (χ2n) is 5.20. The zero-order valence-electron chi connectivity index (χ0n) is 11.8. The lowest BCUT2D eigenvalue weighted by atomic mass is 10.2. The Bertz CT molecular complexity index is 620. The fourth-order valence-electron chi connectivity index (χ4n) is 2.45.